The molecule has 31 heavy (non-hydrogen) atoms. The molecule has 0 unspecified atom stereocenters. The van der Waals surface area contributed by atoms with Gasteiger partial charge in [-0.25, -0.2) is 9.78 Å². The summed E-state index contributed by atoms with van der Waals surface area (Å²) in [4.78, 5) is 46.3. The first kappa shape index (κ1) is 23.0. The number of carbonyl (C=O) groups is 3. The number of pyridine rings is 1. The van der Waals surface area contributed by atoms with Crippen LogP contribution in [0.5, 0.6) is 0 Å². The predicted octanol–water partition coefficient (Wildman–Crippen LogP) is 0.898. The number of nitrogens with zero attached hydrogens (tertiary/aromatic N) is 4. The van der Waals surface area contributed by atoms with Gasteiger partial charge in [0.1, 0.15) is 5.82 Å². The number of esters is 1. The van der Waals surface area contributed by atoms with Crippen LogP contribution in [0.4, 0.5) is 5.82 Å². The summed E-state index contributed by atoms with van der Waals surface area (Å²) >= 11 is 0. The van der Waals surface area contributed by atoms with E-state index in [1.54, 1.807) is 26.1 Å². The summed E-state index contributed by atoms with van der Waals surface area (Å²) in [6, 6.07) is 3.74. The molecule has 0 atom stereocenters. The van der Waals surface area contributed by atoms with Crippen LogP contribution in [-0.4, -0.2) is 91.0 Å². The quantitative estimate of drug-likeness (QED) is 0.669. The average molecular weight is 432 g/mol. The van der Waals surface area contributed by atoms with Crippen LogP contribution in [0, 0.1) is 0 Å². The molecule has 2 amide bonds. The second kappa shape index (κ2) is 11.1. The molecule has 170 valence electrons. The fourth-order valence-corrected chi connectivity index (χ4v) is 4.08. The lowest BCUT2D eigenvalue weighted by atomic mass is 10.1. The Hall–Kier alpha value is -2.68. The molecule has 3 rings (SSSR count). The fourth-order valence-electron chi connectivity index (χ4n) is 4.08. The Morgan fingerprint density at radius 3 is 2.52 bits per heavy atom. The normalized spacial score (nSPS) is 18.4. The molecule has 0 aromatic carbocycles. The number of aromatic nitrogens is 1. The minimum absolute atomic E-state index is 0.0478. The Labute approximate surface area is 183 Å². The molecular formula is C22H33N5O4. The Kier molecular flexibility index (Phi) is 8.22. The van der Waals surface area contributed by atoms with E-state index in [9.17, 15) is 14.4 Å². The Morgan fingerprint density at radius 1 is 1.10 bits per heavy atom. The standard InChI is InChI=1S/C22H33N5O4/c1-3-31-22(30)18-5-6-20(23-15-18)27-10-4-9-25(13-14-27)16-21(29)24-19-7-11-26(12-8-19)17(2)28/h5-6,15,19H,3-4,7-14,16H2,1-2H3,(H,24,29). The minimum atomic E-state index is -0.360. The van der Waals surface area contributed by atoms with Gasteiger partial charge in [-0.2, -0.15) is 0 Å². The summed E-state index contributed by atoms with van der Waals surface area (Å²) in [6.45, 7) is 8.77. The van der Waals surface area contributed by atoms with Gasteiger partial charge in [-0.1, -0.05) is 0 Å². The number of amides is 2. The molecular weight excluding hydrogens is 398 g/mol. The Bertz CT molecular complexity index is 762. The highest BCUT2D eigenvalue weighted by molar-refractivity contribution is 5.89. The summed E-state index contributed by atoms with van der Waals surface area (Å²) in [5, 5.41) is 3.13. The number of carbonyl (C=O) groups excluding carboxylic acids is 3. The summed E-state index contributed by atoms with van der Waals surface area (Å²) < 4.78 is 5.00. The number of likely N-dealkylation sites (tertiary alicyclic amines) is 1. The van der Waals surface area contributed by atoms with Gasteiger partial charge in [0.2, 0.25) is 11.8 Å². The number of rotatable bonds is 6. The van der Waals surface area contributed by atoms with Crippen LogP contribution in [0.2, 0.25) is 0 Å². The van der Waals surface area contributed by atoms with Crippen molar-refractivity contribution in [3.63, 3.8) is 0 Å². The van der Waals surface area contributed by atoms with E-state index >= 15 is 0 Å². The second-order valence-corrected chi connectivity index (χ2v) is 8.09. The molecule has 1 N–H and O–H groups in total. The molecule has 2 aliphatic heterocycles. The molecule has 0 aliphatic carbocycles. The molecule has 1 aromatic rings. The van der Waals surface area contributed by atoms with Crippen LogP contribution in [0.1, 0.15) is 43.5 Å². The van der Waals surface area contributed by atoms with Crippen molar-refractivity contribution in [1.29, 1.82) is 0 Å². The molecule has 1 aromatic heterocycles. The number of hydrogen-bond acceptors (Lipinski definition) is 7. The molecule has 2 fully saturated rings. The maximum atomic E-state index is 12.5. The zero-order valence-corrected chi connectivity index (χ0v) is 18.5. The van der Waals surface area contributed by atoms with Gasteiger partial charge in [0.25, 0.3) is 0 Å². The van der Waals surface area contributed by atoms with E-state index in [1.807, 2.05) is 11.0 Å². The van der Waals surface area contributed by atoms with E-state index in [1.165, 1.54) is 0 Å². The van der Waals surface area contributed by atoms with Gasteiger partial charge >= 0.3 is 5.97 Å². The lowest BCUT2D eigenvalue weighted by molar-refractivity contribution is -0.130. The van der Waals surface area contributed by atoms with Gasteiger partial charge in [0.05, 0.1) is 18.7 Å². The van der Waals surface area contributed by atoms with Crippen LogP contribution in [0.15, 0.2) is 18.3 Å². The molecule has 9 nitrogen and oxygen atoms in total. The zero-order chi connectivity index (χ0) is 22.2. The van der Waals surface area contributed by atoms with Crippen molar-refractivity contribution < 1.29 is 19.1 Å². The van der Waals surface area contributed by atoms with Crippen molar-refractivity contribution in [2.24, 2.45) is 0 Å². The number of ether oxygens (including phenoxy) is 1. The summed E-state index contributed by atoms with van der Waals surface area (Å²) in [5.41, 5.74) is 0.452. The highest BCUT2D eigenvalue weighted by atomic mass is 16.5. The first-order valence-corrected chi connectivity index (χ1v) is 11.1. The summed E-state index contributed by atoms with van der Waals surface area (Å²) in [7, 11) is 0. The molecule has 0 radical (unpaired) electrons. The van der Waals surface area contributed by atoms with E-state index in [-0.39, 0.29) is 23.8 Å². The van der Waals surface area contributed by atoms with E-state index in [0.717, 1.165) is 51.3 Å². The third kappa shape index (κ3) is 6.65. The lowest BCUT2D eigenvalue weighted by Gasteiger charge is -2.32. The van der Waals surface area contributed by atoms with Crippen LogP contribution in [-0.2, 0) is 14.3 Å². The zero-order valence-electron chi connectivity index (χ0n) is 18.5. The van der Waals surface area contributed by atoms with Crippen molar-refractivity contribution in [1.82, 2.24) is 20.1 Å². The summed E-state index contributed by atoms with van der Waals surface area (Å²) in [5.74, 6) is 0.619. The monoisotopic (exact) mass is 431 g/mol. The van der Waals surface area contributed by atoms with E-state index in [2.05, 4.69) is 20.1 Å². The predicted molar refractivity (Wildman–Crippen MR) is 117 cm³/mol. The van der Waals surface area contributed by atoms with Gasteiger partial charge < -0.3 is 19.9 Å². The second-order valence-electron chi connectivity index (χ2n) is 8.09. The van der Waals surface area contributed by atoms with Gasteiger partial charge in [0, 0.05) is 58.4 Å². The molecule has 0 spiro atoms. The maximum absolute atomic E-state index is 12.5. The molecule has 0 bridgehead atoms. The molecule has 3 heterocycles. The topological polar surface area (TPSA) is 95.1 Å². The fraction of sp³-hybridized carbons (Fsp3) is 0.636. The van der Waals surface area contributed by atoms with Gasteiger partial charge in [0.15, 0.2) is 0 Å². The van der Waals surface area contributed by atoms with E-state index in [0.29, 0.717) is 31.8 Å². The smallest absolute Gasteiger partial charge is 0.339 e. The number of hydrogen-bond donors (Lipinski definition) is 1. The first-order chi connectivity index (χ1) is 15.0. The van der Waals surface area contributed by atoms with E-state index in [4.69, 9.17) is 4.74 Å². The molecule has 9 heteroatoms. The number of anilines is 1. The largest absolute Gasteiger partial charge is 0.462 e. The Balaban J connectivity index is 1.44. The van der Waals surface area contributed by atoms with Gasteiger partial charge in [-0.3, -0.25) is 14.5 Å². The van der Waals surface area contributed by atoms with Crippen LogP contribution >= 0.6 is 0 Å². The number of piperidine rings is 1. The number of nitrogens with one attached hydrogen (secondary N) is 1. The van der Waals surface area contributed by atoms with E-state index < -0.39 is 0 Å². The lowest BCUT2D eigenvalue weighted by Crippen LogP contribution is -2.48. The first-order valence-electron chi connectivity index (χ1n) is 11.1. The van der Waals surface area contributed by atoms with Gasteiger partial charge in [-0.05, 0) is 38.3 Å². The third-order valence-corrected chi connectivity index (χ3v) is 5.84. The highest BCUT2D eigenvalue weighted by Gasteiger charge is 2.23. The SMILES string of the molecule is CCOC(=O)c1ccc(N2CCCN(CC(=O)NC3CCN(C(C)=O)CC3)CC2)nc1. The third-order valence-electron chi connectivity index (χ3n) is 5.84. The van der Waals surface area contributed by atoms with Crippen LogP contribution in [0.3, 0.4) is 0 Å². The highest BCUT2D eigenvalue weighted by Crippen LogP contribution is 2.15. The average Bonchev–Trinajstić information content (AvgIpc) is 3.00. The molecule has 0 saturated carbocycles. The summed E-state index contributed by atoms with van der Waals surface area (Å²) in [6.07, 6.45) is 4.12. The maximum Gasteiger partial charge on any atom is 0.339 e. The van der Waals surface area contributed by atoms with Crippen LogP contribution < -0.4 is 10.2 Å². The van der Waals surface area contributed by atoms with Crippen molar-refractivity contribution in [2.75, 3.05) is 57.3 Å². The van der Waals surface area contributed by atoms with Crippen LogP contribution in [0.25, 0.3) is 0 Å². The van der Waals surface area contributed by atoms with Gasteiger partial charge in [-0.15, -0.1) is 0 Å². The molecule has 2 aliphatic rings. The molecule has 2 saturated heterocycles. The van der Waals surface area contributed by atoms with Crippen molar-refractivity contribution in [3.05, 3.63) is 23.9 Å². The minimum Gasteiger partial charge on any atom is -0.462 e. The van der Waals surface area contributed by atoms with Crippen molar-refractivity contribution in [2.45, 2.75) is 39.2 Å². The van der Waals surface area contributed by atoms with Crippen molar-refractivity contribution >= 4 is 23.6 Å². The Morgan fingerprint density at radius 2 is 1.87 bits per heavy atom. The van der Waals surface area contributed by atoms with Crippen molar-refractivity contribution in [3.8, 4) is 0 Å².